The quantitative estimate of drug-likeness (QED) is 0.421. The lowest BCUT2D eigenvalue weighted by Crippen LogP contribution is -2.28. The van der Waals surface area contributed by atoms with Crippen molar-refractivity contribution in [2.24, 2.45) is 0 Å². The third kappa shape index (κ3) is 2.99. The summed E-state index contributed by atoms with van der Waals surface area (Å²) in [6, 6.07) is 13.9. The molecule has 0 radical (unpaired) electrons. The first-order valence-electron chi connectivity index (χ1n) is 10.7. The molecule has 4 aromatic heterocycles. The van der Waals surface area contributed by atoms with E-state index in [1.54, 1.807) is 13.1 Å². The van der Waals surface area contributed by atoms with E-state index in [-0.39, 0.29) is 18.2 Å². The number of anilines is 1. The highest BCUT2D eigenvalue weighted by Gasteiger charge is 2.26. The van der Waals surface area contributed by atoms with E-state index in [9.17, 15) is 4.79 Å². The van der Waals surface area contributed by atoms with Crippen LogP contribution in [0, 0.1) is 13.8 Å². The second kappa shape index (κ2) is 7.41. The Labute approximate surface area is 192 Å². The second-order valence-corrected chi connectivity index (χ2v) is 8.21. The van der Waals surface area contributed by atoms with Crippen LogP contribution in [-0.4, -0.2) is 29.4 Å². The van der Waals surface area contributed by atoms with Crippen LogP contribution in [0.5, 0.6) is 0 Å². The average Bonchev–Trinajstić information content (AvgIpc) is 3.55. The van der Waals surface area contributed by atoms with Gasteiger partial charge in [-0.05, 0) is 37.1 Å². The molecule has 0 amide bonds. The lowest BCUT2D eigenvalue weighted by atomic mass is 9.97. The van der Waals surface area contributed by atoms with Gasteiger partial charge in [0, 0.05) is 10.9 Å². The zero-order valence-corrected chi connectivity index (χ0v) is 18.5. The van der Waals surface area contributed by atoms with Crippen molar-refractivity contribution < 1.29 is 9.40 Å². The van der Waals surface area contributed by atoms with Gasteiger partial charge in [-0.3, -0.25) is 10.8 Å². The van der Waals surface area contributed by atoms with Crippen LogP contribution < -0.4 is 16.4 Å². The van der Waals surface area contributed by atoms with Gasteiger partial charge in [0.2, 0.25) is 5.65 Å². The molecule has 6 aromatic rings. The standard InChI is InChI=1S/C24H20N8O2/c1-13-8-16(9-17-10-27-29-20(13)17)19-21(15-6-4-3-5-7-15)28-23(25)32-22(19)30-31(24(32)33)11-18-14(2)34-12-26-18/h3-10,12H,11H2,1-2H3,(H2,25,28)(H,27,29)/p+1. The molecule has 2 aromatic carbocycles. The summed E-state index contributed by atoms with van der Waals surface area (Å²) in [5.74, 6) is 0.821. The number of oxazole rings is 1. The predicted octanol–water partition coefficient (Wildman–Crippen LogP) is 2.76. The smallest absolute Gasteiger partial charge is 0.411 e. The largest absolute Gasteiger partial charge is 0.448 e. The van der Waals surface area contributed by atoms with Crippen molar-refractivity contribution >= 4 is 22.5 Å². The van der Waals surface area contributed by atoms with Gasteiger partial charge in [0.1, 0.15) is 17.1 Å². The van der Waals surface area contributed by atoms with Crippen LogP contribution in [0.15, 0.2) is 64.3 Å². The molecule has 0 aliphatic rings. The maximum absolute atomic E-state index is 13.3. The number of hydrogen-bond donors (Lipinski definition) is 2. The van der Waals surface area contributed by atoms with Crippen molar-refractivity contribution in [3.63, 3.8) is 0 Å². The molecule has 0 bridgehead atoms. The van der Waals surface area contributed by atoms with E-state index in [0.29, 0.717) is 17.1 Å². The highest BCUT2D eigenvalue weighted by Crippen LogP contribution is 2.34. The third-order valence-electron chi connectivity index (χ3n) is 6.05. The molecule has 6 rings (SSSR count). The SMILES string of the molecule is Cc1ocnc1Cn1nc2c(-c3cc(C)c4[nH]ncc4c3)c(-c3ccccc3)[nH+]c(N)n2c1=O. The van der Waals surface area contributed by atoms with Gasteiger partial charge in [0.25, 0.3) is 0 Å². The number of nitrogens with zero attached hydrogens (tertiary/aromatic N) is 5. The van der Waals surface area contributed by atoms with Gasteiger partial charge in [0.15, 0.2) is 6.39 Å². The molecule has 0 fully saturated rings. The minimum Gasteiger partial charge on any atom is -0.448 e. The van der Waals surface area contributed by atoms with Crippen molar-refractivity contribution in [1.82, 2.24) is 29.4 Å². The molecule has 0 aliphatic carbocycles. The summed E-state index contributed by atoms with van der Waals surface area (Å²) < 4.78 is 8.04. The zero-order valence-electron chi connectivity index (χ0n) is 18.5. The van der Waals surface area contributed by atoms with E-state index in [1.807, 2.05) is 43.3 Å². The number of H-pyrrole nitrogens is 2. The minimum atomic E-state index is -0.367. The third-order valence-corrected chi connectivity index (χ3v) is 6.05. The van der Waals surface area contributed by atoms with Gasteiger partial charge >= 0.3 is 11.6 Å². The number of nitrogen functional groups attached to an aromatic ring is 1. The van der Waals surface area contributed by atoms with Gasteiger partial charge in [-0.15, -0.1) is 9.50 Å². The van der Waals surface area contributed by atoms with Crippen LogP contribution >= 0.6 is 0 Å². The maximum atomic E-state index is 13.3. The van der Waals surface area contributed by atoms with E-state index < -0.39 is 0 Å². The van der Waals surface area contributed by atoms with Crippen molar-refractivity contribution in [2.75, 3.05) is 5.73 Å². The number of benzene rings is 2. The first-order chi connectivity index (χ1) is 16.5. The first kappa shape index (κ1) is 19.9. The number of aromatic amines is 2. The summed E-state index contributed by atoms with van der Waals surface area (Å²) in [7, 11) is 0. The number of nitrogens with two attached hydrogens (primary N) is 1. The van der Waals surface area contributed by atoms with Crippen LogP contribution in [-0.2, 0) is 6.54 Å². The Balaban J connectivity index is 1.69. The Morgan fingerprint density at radius 3 is 2.74 bits per heavy atom. The Kier molecular flexibility index (Phi) is 4.34. The molecule has 0 unspecified atom stereocenters. The fourth-order valence-electron chi connectivity index (χ4n) is 4.34. The van der Waals surface area contributed by atoms with Crippen LogP contribution in [0.1, 0.15) is 17.0 Å². The number of fused-ring (bicyclic) bond motifs is 2. The molecule has 0 atom stereocenters. The van der Waals surface area contributed by atoms with Gasteiger partial charge in [-0.1, -0.05) is 30.3 Å². The van der Waals surface area contributed by atoms with Crippen molar-refractivity contribution in [1.29, 1.82) is 0 Å². The van der Waals surface area contributed by atoms with E-state index in [1.165, 1.54) is 15.5 Å². The number of rotatable bonds is 4. The lowest BCUT2D eigenvalue weighted by molar-refractivity contribution is -0.351. The summed E-state index contributed by atoms with van der Waals surface area (Å²) in [6.45, 7) is 3.98. The monoisotopic (exact) mass is 453 g/mol. The highest BCUT2D eigenvalue weighted by atomic mass is 16.3. The zero-order chi connectivity index (χ0) is 23.4. The van der Waals surface area contributed by atoms with Crippen LogP contribution in [0.4, 0.5) is 5.95 Å². The van der Waals surface area contributed by atoms with E-state index >= 15 is 0 Å². The van der Waals surface area contributed by atoms with Gasteiger partial charge in [-0.2, -0.15) is 9.78 Å². The van der Waals surface area contributed by atoms with Crippen molar-refractivity contribution in [2.45, 2.75) is 20.4 Å². The molecule has 4 N–H and O–H groups in total. The van der Waals surface area contributed by atoms with Crippen LogP contribution in [0.2, 0.25) is 0 Å². The summed E-state index contributed by atoms with van der Waals surface area (Å²) in [5.41, 5.74) is 12.4. The molecular formula is C24H21N8O2+. The minimum absolute atomic E-state index is 0.169. The summed E-state index contributed by atoms with van der Waals surface area (Å²) in [6.07, 6.45) is 3.14. The van der Waals surface area contributed by atoms with Crippen molar-refractivity contribution in [3.8, 4) is 22.4 Å². The molecule has 0 saturated heterocycles. The fourth-order valence-corrected chi connectivity index (χ4v) is 4.34. The first-order valence-corrected chi connectivity index (χ1v) is 10.7. The molecule has 10 nitrogen and oxygen atoms in total. The molecule has 168 valence electrons. The summed E-state index contributed by atoms with van der Waals surface area (Å²) in [4.78, 5) is 20.8. The van der Waals surface area contributed by atoms with Crippen molar-refractivity contribution in [3.05, 3.63) is 82.6 Å². The van der Waals surface area contributed by atoms with Gasteiger partial charge in [0.05, 0.1) is 23.8 Å². The molecule has 34 heavy (non-hydrogen) atoms. The van der Waals surface area contributed by atoms with E-state index in [0.717, 1.165) is 38.9 Å². The Bertz CT molecular complexity index is 1740. The van der Waals surface area contributed by atoms with E-state index in [2.05, 4.69) is 26.2 Å². The molecule has 4 heterocycles. The maximum Gasteiger partial charge on any atom is 0.411 e. The highest BCUT2D eigenvalue weighted by molar-refractivity contribution is 5.94. The molecule has 0 aliphatic heterocycles. The average molecular weight is 453 g/mol. The molecular weight excluding hydrogens is 432 g/mol. The summed E-state index contributed by atoms with van der Waals surface area (Å²) in [5, 5.41) is 12.9. The van der Waals surface area contributed by atoms with Crippen LogP contribution in [0.25, 0.3) is 38.9 Å². The summed E-state index contributed by atoms with van der Waals surface area (Å²) >= 11 is 0. The second-order valence-electron chi connectivity index (χ2n) is 8.21. The normalized spacial score (nSPS) is 11.6. The number of nitrogens with one attached hydrogen (secondary N) is 2. The Hall–Kier alpha value is -4.73. The number of aromatic nitrogens is 7. The van der Waals surface area contributed by atoms with Gasteiger partial charge < -0.3 is 4.42 Å². The lowest BCUT2D eigenvalue weighted by Gasteiger charge is -2.10. The Morgan fingerprint density at radius 1 is 1.15 bits per heavy atom. The fraction of sp³-hybridized carbons (Fsp3) is 0.125. The number of hydrogen-bond acceptors (Lipinski definition) is 6. The topological polar surface area (TPSA) is 134 Å². The molecule has 0 saturated carbocycles. The van der Waals surface area contributed by atoms with Crippen LogP contribution in [0.3, 0.4) is 0 Å². The van der Waals surface area contributed by atoms with E-state index in [4.69, 9.17) is 15.2 Å². The van der Waals surface area contributed by atoms with Gasteiger partial charge in [-0.25, -0.2) is 14.8 Å². The Morgan fingerprint density at radius 2 is 1.97 bits per heavy atom. The number of aryl methyl sites for hydroxylation is 2. The molecule has 10 heteroatoms. The predicted molar refractivity (Wildman–Crippen MR) is 126 cm³/mol. The molecule has 0 spiro atoms.